The minimum Gasteiger partial charge on any atom is -0.480 e. The molecule has 1 rings (SSSR count). The normalized spacial score (nSPS) is 12.4. The van der Waals surface area contributed by atoms with Gasteiger partial charge in [0.1, 0.15) is 11.8 Å². The molecule has 120 valence electrons. The van der Waals surface area contributed by atoms with Gasteiger partial charge in [-0.3, -0.25) is 4.79 Å². The van der Waals surface area contributed by atoms with Crippen molar-refractivity contribution >= 4 is 23.5 Å². The van der Waals surface area contributed by atoms with Crippen LogP contribution in [-0.2, 0) is 9.59 Å². The van der Waals surface area contributed by atoms with Crippen molar-refractivity contribution < 1.29 is 19.5 Å². The maximum atomic E-state index is 11.9. The summed E-state index contributed by atoms with van der Waals surface area (Å²) in [6.07, 6.45) is -0.250. The third-order valence-electron chi connectivity index (χ3n) is 3.11. The molecule has 2 amide bonds. The van der Waals surface area contributed by atoms with Crippen LogP contribution in [0, 0.1) is 12.3 Å². The Balaban J connectivity index is 2.69. The first-order valence-corrected chi connectivity index (χ1v) is 7.00. The fraction of sp³-hybridized carbons (Fsp3) is 0.438. The molecule has 22 heavy (non-hydrogen) atoms. The number of Topliss-reactive ketones (excluding diaryl/α,β-unsaturated/α-hetero) is 1. The molecule has 0 bridgehead atoms. The molecule has 0 fully saturated rings. The average Bonchev–Trinajstić information content (AvgIpc) is 2.36. The number of hydrogen-bond donors (Lipinski definition) is 3. The number of carboxylic acid groups (broad SMARTS) is 1. The summed E-state index contributed by atoms with van der Waals surface area (Å²) in [6.45, 7) is 7.01. The number of ketones is 1. The van der Waals surface area contributed by atoms with Gasteiger partial charge in [-0.05, 0) is 24.6 Å². The number of carbonyl (C=O) groups is 3. The van der Waals surface area contributed by atoms with E-state index in [1.54, 1.807) is 39.0 Å². The molecule has 3 N–H and O–H groups in total. The minimum absolute atomic E-state index is 0.226. The second-order valence-corrected chi connectivity index (χ2v) is 6.24. The molecule has 0 saturated carbocycles. The van der Waals surface area contributed by atoms with Crippen LogP contribution < -0.4 is 10.6 Å². The number of urea groups is 1. The first-order valence-electron chi connectivity index (χ1n) is 7.00. The molecule has 0 aliphatic rings. The van der Waals surface area contributed by atoms with Crippen LogP contribution in [0.5, 0.6) is 0 Å². The van der Waals surface area contributed by atoms with E-state index in [1.807, 2.05) is 13.0 Å². The Kier molecular flexibility index (Phi) is 5.68. The molecule has 6 heteroatoms. The Morgan fingerprint density at radius 3 is 2.36 bits per heavy atom. The van der Waals surface area contributed by atoms with Gasteiger partial charge in [0.15, 0.2) is 0 Å². The predicted octanol–water partition coefficient (Wildman–Crippen LogP) is 2.58. The van der Waals surface area contributed by atoms with E-state index in [2.05, 4.69) is 10.6 Å². The van der Waals surface area contributed by atoms with Crippen LogP contribution in [0.15, 0.2) is 24.3 Å². The van der Waals surface area contributed by atoms with Crippen LogP contribution >= 0.6 is 0 Å². The molecule has 0 aliphatic heterocycles. The summed E-state index contributed by atoms with van der Waals surface area (Å²) >= 11 is 0. The maximum Gasteiger partial charge on any atom is 0.326 e. The highest BCUT2D eigenvalue weighted by Crippen LogP contribution is 2.18. The van der Waals surface area contributed by atoms with Gasteiger partial charge in [0, 0.05) is 17.5 Å². The van der Waals surface area contributed by atoms with Crippen molar-refractivity contribution in [1.82, 2.24) is 5.32 Å². The van der Waals surface area contributed by atoms with Crippen molar-refractivity contribution in [2.24, 2.45) is 5.41 Å². The highest BCUT2D eigenvalue weighted by atomic mass is 16.4. The molecular weight excluding hydrogens is 284 g/mol. The SMILES string of the molecule is Cc1cccc(NC(=O)NC(CC(=O)C(C)(C)C)C(=O)O)c1. The number of carbonyl (C=O) groups excluding carboxylic acids is 2. The Morgan fingerprint density at radius 1 is 1.23 bits per heavy atom. The van der Waals surface area contributed by atoms with E-state index < -0.39 is 23.5 Å². The summed E-state index contributed by atoms with van der Waals surface area (Å²) in [4.78, 5) is 35.0. The molecule has 1 aromatic carbocycles. The maximum absolute atomic E-state index is 11.9. The fourth-order valence-corrected chi connectivity index (χ4v) is 1.74. The van der Waals surface area contributed by atoms with E-state index in [-0.39, 0.29) is 12.2 Å². The fourth-order valence-electron chi connectivity index (χ4n) is 1.74. The number of nitrogens with one attached hydrogen (secondary N) is 2. The minimum atomic E-state index is -1.25. The third kappa shape index (κ3) is 5.55. The van der Waals surface area contributed by atoms with Crippen LogP contribution in [0.1, 0.15) is 32.8 Å². The van der Waals surface area contributed by atoms with Gasteiger partial charge in [0.2, 0.25) is 0 Å². The predicted molar refractivity (Wildman–Crippen MR) is 83.8 cm³/mol. The van der Waals surface area contributed by atoms with Crippen LogP contribution in [0.25, 0.3) is 0 Å². The number of aryl methyl sites for hydroxylation is 1. The highest BCUT2D eigenvalue weighted by Gasteiger charge is 2.29. The van der Waals surface area contributed by atoms with Gasteiger partial charge < -0.3 is 15.7 Å². The third-order valence-corrected chi connectivity index (χ3v) is 3.11. The molecule has 1 atom stereocenters. The van der Waals surface area contributed by atoms with Crippen LogP contribution in [0.2, 0.25) is 0 Å². The zero-order valence-corrected chi connectivity index (χ0v) is 13.3. The van der Waals surface area contributed by atoms with E-state index in [0.717, 1.165) is 5.56 Å². The Morgan fingerprint density at radius 2 is 1.86 bits per heavy atom. The van der Waals surface area contributed by atoms with E-state index >= 15 is 0 Å². The Bertz CT molecular complexity index is 576. The van der Waals surface area contributed by atoms with Crippen molar-refractivity contribution in [3.05, 3.63) is 29.8 Å². The summed E-state index contributed by atoms with van der Waals surface area (Å²) in [5.41, 5.74) is 0.877. The lowest BCUT2D eigenvalue weighted by molar-refractivity contribution is -0.141. The molecule has 0 aromatic heterocycles. The van der Waals surface area contributed by atoms with Crippen molar-refractivity contribution in [2.45, 2.75) is 40.2 Å². The largest absolute Gasteiger partial charge is 0.480 e. The molecular formula is C16H22N2O4. The summed E-state index contributed by atoms with van der Waals surface area (Å²) in [6, 6.07) is 5.21. The quantitative estimate of drug-likeness (QED) is 0.779. The van der Waals surface area contributed by atoms with E-state index in [4.69, 9.17) is 5.11 Å². The molecule has 0 heterocycles. The molecule has 0 spiro atoms. The van der Waals surface area contributed by atoms with Crippen molar-refractivity contribution in [1.29, 1.82) is 0 Å². The lowest BCUT2D eigenvalue weighted by atomic mass is 9.87. The number of amides is 2. The van der Waals surface area contributed by atoms with Gasteiger partial charge in [-0.1, -0.05) is 32.9 Å². The molecule has 0 aliphatic carbocycles. The topological polar surface area (TPSA) is 95.5 Å². The molecule has 0 saturated heterocycles. The van der Waals surface area contributed by atoms with Gasteiger partial charge in [0.05, 0.1) is 0 Å². The molecule has 1 aromatic rings. The van der Waals surface area contributed by atoms with Gasteiger partial charge in [0.25, 0.3) is 0 Å². The lowest BCUT2D eigenvalue weighted by Crippen LogP contribution is -2.45. The number of benzene rings is 1. The van der Waals surface area contributed by atoms with Crippen molar-refractivity contribution in [2.75, 3.05) is 5.32 Å². The second kappa shape index (κ2) is 7.06. The van der Waals surface area contributed by atoms with Crippen molar-refractivity contribution in [3.63, 3.8) is 0 Å². The van der Waals surface area contributed by atoms with E-state index in [9.17, 15) is 14.4 Å². The number of rotatable bonds is 5. The number of hydrogen-bond acceptors (Lipinski definition) is 3. The Hall–Kier alpha value is -2.37. The van der Waals surface area contributed by atoms with Crippen LogP contribution in [-0.4, -0.2) is 28.9 Å². The van der Waals surface area contributed by atoms with Gasteiger partial charge in [-0.2, -0.15) is 0 Å². The lowest BCUT2D eigenvalue weighted by Gasteiger charge is -2.20. The van der Waals surface area contributed by atoms with Crippen LogP contribution in [0.4, 0.5) is 10.5 Å². The molecule has 1 unspecified atom stereocenters. The summed E-state index contributed by atoms with van der Waals surface area (Å²) in [7, 11) is 0. The summed E-state index contributed by atoms with van der Waals surface area (Å²) in [5, 5.41) is 14.0. The molecule has 0 radical (unpaired) electrons. The summed E-state index contributed by atoms with van der Waals surface area (Å²) < 4.78 is 0. The Labute approximate surface area is 129 Å². The van der Waals surface area contributed by atoms with Gasteiger partial charge in [-0.25, -0.2) is 9.59 Å². The number of anilines is 1. The van der Waals surface area contributed by atoms with E-state index in [0.29, 0.717) is 5.69 Å². The zero-order valence-electron chi connectivity index (χ0n) is 13.3. The number of carboxylic acids is 1. The first kappa shape index (κ1) is 17.7. The smallest absolute Gasteiger partial charge is 0.326 e. The van der Waals surface area contributed by atoms with E-state index in [1.165, 1.54) is 0 Å². The molecule has 6 nitrogen and oxygen atoms in total. The summed E-state index contributed by atoms with van der Waals surface area (Å²) in [5.74, 6) is -1.47. The van der Waals surface area contributed by atoms with Gasteiger partial charge >= 0.3 is 12.0 Å². The first-order chi connectivity index (χ1) is 10.1. The standard InChI is InChI=1S/C16H22N2O4/c1-10-6-5-7-11(8-10)17-15(22)18-12(14(20)21)9-13(19)16(2,3)4/h5-8,12H,9H2,1-4H3,(H,20,21)(H2,17,18,22). The second-order valence-electron chi connectivity index (χ2n) is 6.24. The monoisotopic (exact) mass is 306 g/mol. The highest BCUT2D eigenvalue weighted by molar-refractivity contribution is 5.95. The zero-order chi connectivity index (χ0) is 16.9. The van der Waals surface area contributed by atoms with Crippen LogP contribution in [0.3, 0.4) is 0 Å². The van der Waals surface area contributed by atoms with Crippen molar-refractivity contribution in [3.8, 4) is 0 Å². The number of aliphatic carboxylic acids is 1. The van der Waals surface area contributed by atoms with Gasteiger partial charge in [-0.15, -0.1) is 0 Å². The average molecular weight is 306 g/mol.